The Hall–Kier alpha value is -1.48. The molecule has 66 heavy (non-hydrogen) atoms. The van der Waals surface area contributed by atoms with Crippen LogP contribution in [0.2, 0.25) is 0 Å². The van der Waals surface area contributed by atoms with Crippen LogP contribution in [0.3, 0.4) is 0 Å². The van der Waals surface area contributed by atoms with Crippen molar-refractivity contribution in [3.05, 3.63) is 36.5 Å². The zero-order chi connectivity index (χ0) is 48.7. The zero-order valence-electron chi connectivity index (χ0n) is 41.4. The van der Waals surface area contributed by atoms with Crippen molar-refractivity contribution in [3.8, 4) is 0 Å². The maximum Gasteiger partial charge on any atom is 0.472 e. The highest BCUT2D eigenvalue weighted by Crippen LogP contribution is 2.47. The van der Waals surface area contributed by atoms with Crippen LogP contribution in [-0.4, -0.2) is 108 Å². The Morgan fingerprint density at radius 1 is 0.545 bits per heavy atom. The number of phosphoric ester groups is 1. The number of aliphatic hydroxyl groups excluding tert-OH is 7. The summed E-state index contributed by atoms with van der Waals surface area (Å²) in [5.74, 6) is -0.604. The van der Waals surface area contributed by atoms with Gasteiger partial charge in [-0.1, -0.05) is 211 Å². The molecule has 0 saturated heterocycles. The van der Waals surface area contributed by atoms with E-state index >= 15 is 0 Å². The lowest BCUT2D eigenvalue weighted by Gasteiger charge is -2.41. The third-order valence-corrected chi connectivity index (χ3v) is 13.7. The maximum absolute atomic E-state index is 12.8. The molecule has 0 aromatic heterocycles. The number of nitrogens with one attached hydrogen (secondary N) is 1. The summed E-state index contributed by atoms with van der Waals surface area (Å²) >= 11 is 0. The van der Waals surface area contributed by atoms with Crippen molar-refractivity contribution in [2.75, 3.05) is 6.61 Å². The summed E-state index contributed by atoms with van der Waals surface area (Å²) in [5.41, 5.74) is 0. The lowest BCUT2D eigenvalue weighted by Crippen LogP contribution is -2.64. The molecule has 0 bridgehead atoms. The molecule has 8 atom stereocenters. The molecule has 1 rings (SSSR count). The first-order valence-corrected chi connectivity index (χ1v) is 28.0. The van der Waals surface area contributed by atoms with Crippen LogP contribution in [0.15, 0.2) is 36.5 Å². The fraction of sp³-hybridized carbons (Fsp3) is 0.865. The first kappa shape index (κ1) is 62.5. The standard InChI is InChI=1S/C52H98NO12P/c1-3-5-7-8-9-10-11-12-13-14-15-16-17-18-19-20-21-22-23-24-25-26-27-28-29-30-31-32-33-34-35-36-38-39-43(54)41-46(56)53-44(45(55)40-37-6-4-2)42-64-66(62,63)65-52-50(60)48(58)47(57)49(59)51(52)61/h17-18,20-21,37,40,43-45,47-52,54-55,57-61H,3-16,19,22-36,38-39,41-42H2,1-2H3,(H,53,56)(H,62,63)/b18-17-,21-20-,40-37+. The van der Waals surface area contributed by atoms with Gasteiger partial charge in [-0.15, -0.1) is 0 Å². The first-order chi connectivity index (χ1) is 31.8. The molecule has 0 spiro atoms. The van der Waals surface area contributed by atoms with Crippen molar-refractivity contribution >= 4 is 13.7 Å². The van der Waals surface area contributed by atoms with Crippen molar-refractivity contribution < 1.29 is 59.0 Å². The van der Waals surface area contributed by atoms with Crippen LogP contribution in [0.1, 0.15) is 226 Å². The molecule has 8 unspecified atom stereocenters. The minimum absolute atomic E-state index is 0.247. The van der Waals surface area contributed by atoms with E-state index in [1.54, 1.807) is 6.08 Å². The second kappa shape index (κ2) is 41.3. The Bertz CT molecular complexity index is 1270. The smallest absolute Gasteiger partial charge is 0.393 e. The van der Waals surface area contributed by atoms with Gasteiger partial charge in [0.05, 0.1) is 31.3 Å². The van der Waals surface area contributed by atoms with Crippen molar-refractivity contribution in [2.24, 2.45) is 0 Å². The van der Waals surface area contributed by atoms with E-state index in [2.05, 4.69) is 36.5 Å². The summed E-state index contributed by atoms with van der Waals surface area (Å²) in [6, 6.07) is -1.24. The van der Waals surface area contributed by atoms with Gasteiger partial charge < -0.3 is 46.0 Å². The maximum atomic E-state index is 12.8. The predicted molar refractivity (Wildman–Crippen MR) is 266 cm³/mol. The number of carbonyl (C=O) groups is 1. The number of rotatable bonds is 44. The largest absolute Gasteiger partial charge is 0.472 e. The summed E-state index contributed by atoms with van der Waals surface area (Å²) < 4.78 is 22.6. The molecule has 388 valence electrons. The Balaban J connectivity index is 2.07. The molecule has 14 heteroatoms. The molecular formula is C52H98NO12P. The fourth-order valence-electron chi connectivity index (χ4n) is 8.40. The molecular weight excluding hydrogens is 862 g/mol. The minimum atomic E-state index is -5.12. The molecule has 13 nitrogen and oxygen atoms in total. The van der Waals surface area contributed by atoms with Crippen LogP contribution < -0.4 is 5.32 Å². The van der Waals surface area contributed by atoms with E-state index in [4.69, 9.17) is 9.05 Å². The van der Waals surface area contributed by atoms with Gasteiger partial charge in [0.25, 0.3) is 0 Å². The van der Waals surface area contributed by atoms with E-state index in [1.807, 2.05) is 6.92 Å². The molecule has 1 amide bonds. The number of hydrogen-bond acceptors (Lipinski definition) is 11. The zero-order valence-corrected chi connectivity index (χ0v) is 42.3. The van der Waals surface area contributed by atoms with Gasteiger partial charge >= 0.3 is 7.82 Å². The first-order valence-electron chi connectivity index (χ1n) is 26.5. The second-order valence-electron chi connectivity index (χ2n) is 18.9. The van der Waals surface area contributed by atoms with Gasteiger partial charge in [0, 0.05) is 0 Å². The summed E-state index contributed by atoms with van der Waals surface area (Å²) in [6.07, 6.45) is 37.1. The summed E-state index contributed by atoms with van der Waals surface area (Å²) in [4.78, 5) is 23.1. The quantitative estimate of drug-likeness (QED) is 0.0158. The van der Waals surface area contributed by atoms with E-state index in [9.17, 15) is 50.0 Å². The Kier molecular flexibility index (Phi) is 39.1. The molecule has 0 aromatic rings. The van der Waals surface area contributed by atoms with Crippen LogP contribution in [-0.2, 0) is 18.4 Å². The number of unbranched alkanes of at least 4 members (excludes halogenated alkanes) is 27. The summed E-state index contributed by atoms with van der Waals surface area (Å²) in [6.45, 7) is 3.48. The number of amides is 1. The lowest BCUT2D eigenvalue weighted by atomic mass is 9.85. The van der Waals surface area contributed by atoms with Gasteiger partial charge in [0.2, 0.25) is 5.91 Å². The van der Waals surface area contributed by atoms with E-state index in [-0.39, 0.29) is 6.42 Å². The van der Waals surface area contributed by atoms with Crippen LogP contribution >= 0.6 is 7.82 Å². The van der Waals surface area contributed by atoms with E-state index in [0.717, 1.165) is 38.5 Å². The highest BCUT2D eigenvalue weighted by molar-refractivity contribution is 7.47. The van der Waals surface area contributed by atoms with Crippen LogP contribution in [0, 0.1) is 0 Å². The molecule has 0 heterocycles. The third kappa shape index (κ3) is 32.4. The van der Waals surface area contributed by atoms with Crippen LogP contribution in [0.5, 0.6) is 0 Å². The van der Waals surface area contributed by atoms with Gasteiger partial charge in [-0.05, 0) is 44.9 Å². The molecule has 9 N–H and O–H groups in total. The highest BCUT2D eigenvalue weighted by atomic mass is 31.2. The monoisotopic (exact) mass is 960 g/mol. The molecule has 0 radical (unpaired) electrons. The number of hydrogen-bond donors (Lipinski definition) is 9. The van der Waals surface area contributed by atoms with Crippen molar-refractivity contribution in [1.82, 2.24) is 5.32 Å². The van der Waals surface area contributed by atoms with Crippen molar-refractivity contribution in [3.63, 3.8) is 0 Å². The lowest BCUT2D eigenvalue weighted by molar-refractivity contribution is -0.220. The fourth-order valence-corrected chi connectivity index (χ4v) is 9.36. The molecule has 0 aromatic carbocycles. The number of phosphoric acid groups is 1. The van der Waals surface area contributed by atoms with Gasteiger partial charge in [-0.25, -0.2) is 4.57 Å². The van der Waals surface area contributed by atoms with Gasteiger partial charge in [-0.3, -0.25) is 13.8 Å². The van der Waals surface area contributed by atoms with Gasteiger partial charge in [0.15, 0.2) is 0 Å². The minimum Gasteiger partial charge on any atom is -0.393 e. The SMILES string of the molecule is CCC/C=C/C(O)C(COP(=O)(O)OC1C(O)C(O)C(O)C(O)C1O)NC(=O)CC(O)CCCCCCCCCCCCCCCCC/C=C\C/C=C\CCCCCCCCCCCCC. The Morgan fingerprint density at radius 2 is 0.955 bits per heavy atom. The Morgan fingerprint density at radius 3 is 1.39 bits per heavy atom. The van der Waals surface area contributed by atoms with Crippen LogP contribution in [0.4, 0.5) is 0 Å². The van der Waals surface area contributed by atoms with Crippen LogP contribution in [0.25, 0.3) is 0 Å². The normalized spacial score (nSPS) is 22.6. The van der Waals surface area contributed by atoms with E-state index in [1.165, 1.54) is 160 Å². The molecule has 0 aliphatic heterocycles. The molecule has 1 aliphatic carbocycles. The van der Waals surface area contributed by atoms with Crippen molar-refractivity contribution in [2.45, 2.75) is 281 Å². The van der Waals surface area contributed by atoms with Crippen molar-refractivity contribution in [1.29, 1.82) is 0 Å². The van der Waals surface area contributed by atoms with Gasteiger partial charge in [-0.2, -0.15) is 0 Å². The van der Waals surface area contributed by atoms with E-state index < -0.39 is 75.2 Å². The molecule has 1 aliphatic rings. The summed E-state index contributed by atoms with van der Waals surface area (Å²) in [7, 11) is -5.12. The average molecular weight is 960 g/mol. The molecule has 1 fully saturated rings. The van der Waals surface area contributed by atoms with E-state index in [0.29, 0.717) is 12.8 Å². The Labute approximate surface area is 400 Å². The number of allylic oxidation sites excluding steroid dienone is 5. The second-order valence-corrected chi connectivity index (χ2v) is 20.3. The number of carbonyl (C=O) groups excluding carboxylic acids is 1. The molecule has 1 saturated carbocycles. The van der Waals surface area contributed by atoms with Gasteiger partial charge in [0.1, 0.15) is 36.6 Å². The third-order valence-electron chi connectivity index (χ3n) is 12.7. The predicted octanol–water partition coefficient (Wildman–Crippen LogP) is 10.1. The highest BCUT2D eigenvalue weighted by Gasteiger charge is 2.51. The average Bonchev–Trinajstić information content (AvgIpc) is 3.29. The number of aliphatic hydroxyl groups is 7. The summed E-state index contributed by atoms with van der Waals surface area (Å²) in [5, 5.41) is 73.7. The topological polar surface area (TPSA) is 226 Å².